The summed E-state index contributed by atoms with van der Waals surface area (Å²) in [4.78, 5) is 37.6. The lowest BCUT2D eigenvalue weighted by Gasteiger charge is -2.28. The van der Waals surface area contributed by atoms with E-state index in [4.69, 9.17) is 18.5 Å². The van der Waals surface area contributed by atoms with E-state index in [1.165, 1.54) is 89.9 Å². The molecule has 0 saturated carbocycles. The first-order valence-electron chi connectivity index (χ1n) is 25.3. The molecule has 0 aliphatic rings. The lowest BCUT2D eigenvalue weighted by Crippen LogP contribution is -2.37. The van der Waals surface area contributed by atoms with Crippen molar-refractivity contribution in [1.29, 1.82) is 0 Å². The smallest absolute Gasteiger partial charge is 0.306 e. The summed E-state index contributed by atoms with van der Waals surface area (Å²) < 4.78 is 33.9. The molecule has 2 atom stereocenters. The van der Waals surface area contributed by atoms with Crippen LogP contribution in [-0.2, 0) is 32.7 Å². The standard InChI is InChI=1S/C54H94NO8P/c1-6-8-10-12-14-16-18-20-22-24-25-26-27-28-29-31-33-35-37-39-41-43-45-47-54(57)63-52(51-62-64(58,59)61-49-48-55(3,4)5)50-60-53(56)46-44-42-40-38-36-34-32-30-23-21-19-17-15-13-11-9-7-2/h9,11,15,17,21,23,31-34,38-41,52H,6-8,10,12-14,16,18-20,22,24-30,35-37,42-51H2,1-5H3/b11-9+,17-15+,23-21+,33-31+,34-32+,40-38+,41-39+/t52-/m1/s1. The van der Waals surface area contributed by atoms with Crippen molar-refractivity contribution in [2.75, 3.05) is 47.5 Å². The highest BCUT2D eigenvalue weighted by Crippen LogP contribution is 2.38. The van der Waals surface area contributed by atoms with E-state index < -0.39 is 32.5 Å². The zero-order chi connectivity index (χ0) is 47.1. The fourth-order valence-corrected chi connectivity index (χ4v) is 7.20. The normalized spacial score (nSPS) is 14.2. The SMILES string of the molecule is CC/C=C/C/C=C/C/C=C/C/C=C/C/C=C/CCCC(=O)OC[C@H](COP(=O)([O-])OCC[N+](C)(C)C)OC(=O)CCC/C=C/CC/C=C/CCCCCCCCCCCCCCCC. The van der Waals surface area contributed by atoms with Gasteiger partial charge in [-0.2, -0.15) is 0 Å². The van der Waals surface area contributed by atoms with Crippen molar-refractivity contribution in [3.63, 3.8) is 0 Å². The molecule has 10 heteroatoms. The van der Waals surface area contributed by atoms with Crippen LogP contribution in [0.15, 0.2) is 85.1 Å². The Morgan fingerprint density at radius 1 is 0.500 bits per heavy atom. The lowest BCUT2D eigenvalue weighted by molar-refractivity contribution is -0.870. The zero-order valence-electron chi connectivity index (χ0n) is 41.4. The predicted molar refractivity (Wildman–Crippen MR) is 268 cm³/mol. The number of rotatable bonds is 45. The summed E-state index contributed by atoms with van der Waals surface area (Å²) in [5.41, 5.74) is 0. The number of phosphoric acid groups is 1. The first-order chi connectivity index (χ1) is 31.0. The third-order valence-electron chi connectivity index (χ3n) is 10.4. The van der Waals surface area contributed by atoms with Crippen molar-refractivity contribution in [2.24, 2.45) is 0 Å². The molecule has 368 valence electrons. The van der Waals surface area contributed by atoms with Crippen LogP contribution >= 0.6 is 7.82 Å². The highest BCUT2D eigenvalue weighted by Gasteiger charge is 2.21. The van der Waals surface area contributed by atoms with E-state index in [0.29, 0.717) is 23.9 Å². The van der Waals surface area contributed by atoms with Crippen LogP contribution in [0.3, 0.4) is 0 Å². The Bertz CT molecular complexity index is 1360. The molecule has 0 fully saturated rings. The summed E-state index contributed by atoms with van der Waals surface area (Å²) in [5.74, 6) is -0.956. The average Bonchev–Trinajstić information content (AvgIpc) is 3.25. The van der Waals surface area contributed by atoms with Gasteiger partial charge in [-0.15, -0.1) is 0 Å². The monoisotopic (exact) mass is 916 g/mol. The van der Waals surface area contributed by atoms with E-state index in [1.807, 2.05) is 27.2 Å². The number of unbranched alkanes of at least 4 members (excludes halogenated alkanes) is 17. The molecule has 0 saturated heterocycles. The average molecular weight is 916 g/mol. The Morgan fingerprint density at radius 3 is 1.39 bits per heavy atom. The minimum Gasteiger partial charge on any atom is -0.756 e. The van der Waals surface area contributed by atoms with E-state index in [1.54, 1.807) is 0 Å². The number of phosphoric ester groups is 1. The molecule has 9 nitrogen and oxygen atoms in total. The Morgan fingerprint density at radius 2 is 0.906 bits per heavy atom. The van der Waals surface area contributed by atoms with Gasteiger partial charge >= 0.3 is 11.9 Å². The van der Waals surface area contributed by atoms with E-state index in [0.717, 1.165) is 64.2 Å². The van der Waals surface area contributed by atoms with Gasteiger partial charge in [-0.3, -0.25) is 14.2 Å². The molecule has 0 heterocycles. The summed E-state index contributed by atoms with van der Waals surface area (Å²) in [6, 6.07) is 0. The summed E-state index contributed by atoms with van der Waals surface area (Å²) >= 11 is 0. The van der Waals surface area contributed by atoms with Crippen molar-refractivity contribution in [2.45, 2.75) is 200 Å². The van der Waals surface area contributed by atoms with Crippen molar-refractivity contribution in [3.8, 4) is 0 Å². The van der Waals surface area contributed by atoms with Crippen molar-refractivity contribution in [1.82, 2.24) is 0 Å². The van der Waals surface area contributed by atoms with Crippen LogP contribution in [0.5, 0.6) is 0 Å². The van der Waals surface area contributed by atoms with Crippen molar-refractivity contribution >= 4 is 19.8 Å². The maximum absolute atomic E-state index is 12.7. The summed E-state index contributed by atoms with van der Waals surface area (Å²) in [6.45, 7) is 4.01. The van der Waals surface area contributed by atoms with Crippen LogP contribution in [0.1, 0.15) is 194 Å². The Balaban J connectivity index is 4.39. The maximum Gasteiger partial charge on any atom is 0.306 e. The molecule has 0 N–H and O–H groups in total. The number of hydrogen-bond donors (Lipinski definition) is 0. The minimum atomic E-state index is -4.66. The maximum atomic E-state index is 12.7. The number of ether oxygens (including phenoxy) is 2. The van der Waals surface area contributed by atoms with Gasteiger partial charge in [-0.25, -0.2) is 0 Å². The second kappa shape index (κ2) is 45.4. The molecule has 0 rings (SSSR count). The topological polar surface area (TPSA) is 111 Å². The van der Waals surface area contributed by atoms with Crippen LogP contribution in [-0.4, -0.2) is 70.0 Å². The number of quaternary nitrogens is 1. The Labute approximate surface area is 392 Å². The highest BCUT2D eigenvalue weighted by molar-refractivity contribution is 7.45. The van der Waals surface area contributed by atoms with Crippen LogP contribution in [0.25, 0.3) is 0 Å². The van der Waals surface area contributed by atoms with Gasteiger partial charge in [0.25, 0.3) is 7.82 Å². The number of likely N-dealkylation sites (N-methyl/N-ethyl adjacent to an activating group) is 1. The first-order valence-corrected chi connectivity index (χ1v) is 26.8. The van der Waals surface area contributed by atoms with Gasteiger partial charge in [0.2, 0.25) is 0 Å². The fraction of sp³-hybridized carbons (Fsp3) is 0.704. The third-order valence-corrected chi connectivity index (χ3v) is 11.3. The van der Waals surface area contributed by atoms with Crippen LogP contribution in [0.2, 0.25) is 0 Å². The molecular formula is C54H94NO8P. The van der Waals surface area contributed by atoms with Gasteiger partial charge < -0.3 is 27.9 Å². The first kappa shape index (κ1) is 61.2. The molecule has 64 heavy (non-hydrogen) atoms. The van der Waals surface area contributed by atoms with Gasteiger partial charge in [0.15, 0.2) is 6.10 Å². The van der Waals surface area contributed by atoms with Crippen LogP contribution < -0.4 is 4.89 Å². The number of hydrogen-bond acceptors (Lipinski definition) is 8. The second-order valence-corrected chi connectivity index (χ2v) is 19.2. The van der Waals surface area contributed by atoms with E-state index in [9.17, 15) is 19.0 Å². The zero-order valence-corrected chi connectivity index (χ0v) is 42.3. The van der Waals surface area contributed by atoms with Gasteiger partial charge in [0.1, 0.15) is 19.8 Å². The molecule has 1 unspecified atom stereocenters. The fourth-order valence-electron chi connectivity index (χ4n) is 6.47. The van der Waals surface area contributed by atoms with Crippen LogP contribution in [0.4, 0.5) is 0 Å². The Kier molecular flexibility index (Phi) is 43.4. The predicted octanol–water partition coefficient (Wildman–Crippen LogP) is 14.5. The third kappa shape index (κ3) is 48.6. The molecule has 0 radical (unpaired) electrons. The summed E-state index contributed by atoms with van der Waals surface area (Å²) in [6.07, 6.45) is 59.3. The van der Waals surface area contributed by atoms with E-state index in [-0.39, 0.29) is 26.1 Å². The molecule has 0 bridgehead atoms. The van der Waals surface area contributed by atoms with Gasteiger partial charge in [0.05, 0.1) is 27.7 Å². The van der Waals surface area contributed by atoms with Crippen molar-refractivity contribution < 1.29 is 42.1 Å². The molecule has 0 aromatic rings. The minimum absolute atomic E-state index is 0.0506. The van der Waals surface area contributed by atoms with E-state index >= 15 is 0 Å². The Hall–Kier alpha value is -2.81. The van der Waals surface area contributed by atoms with Gasteiger partial charge in [-0.1, -0.05) is 182 Å². The second-order valence-electron chi connectivity index (χ2n) is 17.8. The number of nitrogens with zero attached hydrogens (tertiary/aromatic N) is 1. The largest absolute Gasteiger partial charge is 0.756 e. The van der Waals surface area contributed by atoms with Gasteiger partial charge in [0, 0.05) is 12.8 Å². The number of allylic oxidation sites excluding steroid dienone is 14. The van der Waals surface area contributed by atoms with Crippen LogP contribution in [0, 0.1) is 0 Å². The number of carbonyl (C=O) groups is 2. The molecule has 0 spiro atoms. The quantitative estimate of drug-likeness (QED) is 0.0195. The lowest BCUT2D eigenvalue weighted by atomic mass is 10.0. The van der Waals surface area contributed by atoms with Crippen molar-refractivity contribution in [3.05, 3.63) is 85.1 Å². The molecule has 0 aromatic carbocycles. The molecule has 0 aliphatic carbocycles. The number of carbonyl (C=O) groups excluding carboxylic acids is 2. The highest BCUT2D eigenvalue weighted by atomic mass is 31.2. The summed E-state index contributed by atoms with van der Waals surface area (Å²) in [7, 11) is 1.10. The molecule has 0 aliphatic heterocycles. The molecule has 0 amide bonds. The molecule has 0 aromatic heterocycles. The van der Waals surface area contributed by atoms with Gasteiger partial charge in [-0.05, 0) is 83.5 Å². The summed E-state index contributed by atoms with van der Waals surface area (Å²) in [5, 5.41) is 0. The molecular weight excluding hydrogens is 822 g/mol. The van der Waals surface area contributed by atoms with E-state index in [2.05, 4.69) is 92.8 Å². The number of esters is 2.